The van der Waals surface area contributed by atoms with Crippen LogP contribution in [-0.2, 0) is 15.1 Å². The molecule has 0 spiro atoms. The largest absolute Gasteiger partial charge is 0.455 e. The summed E-state index contributed by atoms with van der Waals surface area (Å²) in [5, 5.41) is 11.1. The van der Waals surface area contributed by atoms with Crippen molar-refractivity contribution < 1.29 is 14.6 Å². The fourth-order valence-corrected chi connectivity index (χ4v) is 2.90. The lowest BCUT2D eigenvalue weighted by atomic mass is 9.84. The third-order valence-corrected chi connectivity index (χ3v) is 4.24. The van der Waals surface area contributed by atoms with Gasteiger partial charge in [-0.3, -0.25) is 0 Å². The highest BCUT2D eigenvalue weighted by Crippen LogP contribution is 2.45. The van der Waals surface area contributed by atoms with Crippen molar-refractivity contribution >= 4 is 0 Å². The van der Waals surface area contributed by atoms with Crippen LogP contribution in [0.3, 0.4) is 0 Å². The summed E-state index contributed by atoms with van der Waals surface area (Å²) < 4.78 is 10.8. The van der Waals surface area contributed by atoms with Gasteiger partial charge in [0.05, 0.1) is 0 Å². The fraction of sp³-hybridized carbons (Fsp3) is 0.375. The van der Waals surface area contributed by atoms with Gasteiger partial charge in [-0.2, -0.15) is 0 Å². The van der Waals surface area contributed by atoms with E-state index in [0.717, 1.165) is 29.5 Å². The normalized spacial score (nSPS) is 26.7. The number of allylic oxidation sites excluding steroid dienone is 1. The highest BCUT2D eigenvalue weighted by molar-refractivity contribution is 5.43. The Hall–Kier alpha value is -1.74. The molecule has 1 heterocycles. The molecule has 0 radical (unpaired) electrons. The van der Waals surface area contributed by atoms with Gasteiger partial charge in [0.1, 0.15) is 18.1 Å². The first-order valence-electron chi connectivity index (χ1n) is 6.57. The minimum atomic E-state index is -0.893. The third kappa shape index (κ3) is 1.85. The van der Waals surface area contributed by atoms with Crippen LogP contribution in [0.2, 0.25) is 0 Å². The zero-order valence-electron chi connectivity index (χ0n) is 11.2. The SMILES string of the molecule is CC1=C(C)C(O)(c2ccccc2C2OC=CO2)CC1. The Morgan fingerprint density at radius 2 is 1.84 bits per heavy atom. The van der Waals surface area contributed by atoms with Crippen molar-refractivity contribution in [1.82, 2.24) is 0 Å². The number of hydrogen-bond acceptors (Lipinski definition) is 3. The number of benzene rings is 1. The molecule has 100 valence electrons. The molecule has 1 atom stereocenters. The second kappa shape index (κ2) is 4.42. The number of rotatable bonds is 2. The maximum absolute atomic E-state index is 11.1. The van der Waals surface area contributed by atoms with Crippen molar-refractivity contribution in [3.8, 4) is 0 Å². The smallest absolute Gasteiger partial charge is 0.266 e. The molecular weight excluding hydrogens is 240 g/mol. The molecule has 0 amide bonds. The average Bonchev–Trinajstić information content (AvgIpc) is 3.05. The van der Waals surface area contributed by atoms with Crippen molar-refractivity contribution in [3.05, 3.63) is 59.1 Å². The van der Waals surface area contributed by atoms with Crippen LogP contribution >= 0.6 is 0 Å². The maximum atomic E-state index is 11.1. The van der Waals surface area contributed by atoms with Gasteiger partial charge in [-0.15, -0.1) is 0 Å². The van der Waals surface area contributed by atoms with E-state index < -0.39 is 11.9 Å². The highest BCUT2D eigenvalue weighted by atomic mass is 16.7. The van der Waals surface area contributed by atoms with E-state index in [-0.39, 0.29) is 0 Å². The van der Waals surface area contributed by atoms with Crippen molar-refractivity contribution in [2.45, 2.75) is 38.6 Å². The lowest BCUT2D eigenvalue weighted by Crippen LogP contribution is -2.26. The van der Waals surface area contributed by atoms with Gasteiger partial charge in [0.15, 0.2) is 0 Å². The summed E-state index contributed by atoms with van der Waals surface area (Å²) in [7, 11) is 0. The number of ether oxygens (including phenoxy) is 2. The molecule has 0 saturated carbocycles. The van der Waals surface area contributed by atoms with Crippen molar-refractivity contribution in [2.24, 2.45) is 0 Å². The molecule has 3 rings (SSSR count). The molecule has 3 heteroatoms. The summed E-state index contributed by atoms with van der Waals surface area (Å²) in [5.41, 5.74) is 3.20. The van der Waals surface area contributed by atoms with E-state index in [1.807, 2.05) is 31.2 Å². The quantitative estimate of drug-likeness (QED) is 0.825. The van der Waals surface area contributed by atoms with Crippen LogP contribution < -0.4 is 0 Å². The molecule has 0 saturated heterocycles. The predicted molar refractivity (Wildman–Crippen MR) is 72.0 cm³/mol. The molecule has 3 nitrogen and oxygen atoms in total. The van der Waals surface area contributed by atoms with Gasteiger partial charge in [-0.25, -0.2) is 0 Å². The second-order valence-electron chi connectivity index (χ2n) is 5.23. The number of aliphatic hydroxyl groups is 1. The van der Waals surface area contributed by atoms with Crippen LogP contribution in [0.25, 0.3) is 0 Å². The summed E-state index contributed by atoms with van der Waals surface area (Å²) in [6, 6.07) is 7.79. The highest BCUT2D eigenvalue weighted by Gasteiger charge is 2.39. The Morgan fingerprint density at radius 3 is 2.47 bits per heavy atom. The molecule has 1 aromatic carbocycles. The third-order valence-electron chi connectivity index (χ3n) is 4.24. The van der Waals surface area contributed by atoms with Gasteiger partial charge in [0.2, 0.25) is 0 Å². The minimum Gasteiger partial charge on any atom is -0.455 e. The molecule has 1 unspecified atom stereocenters. The van der Waals surface area contributed by atoms with E-state index >= 15 is 0 Å². The van der Waals surface area contributed by atoms with Crippen molar-refractivity contribution in [2.75, 3.05) is 0 Å². The Labute approximate surface area is 113 Å². The van der Waals surface area contributed by atoms with Crippen LogP contribution in [0, 0.1) is 0 Å². The van der Waals surface area contributed by atoms with E-state index in [1.54, 1.807) is 0 Å². The molecular formula is C16H18O3. The van der Waals surface area contributed by atoms with Crippen molar-refractivity contribution in [1.29, 1.82) is 0 Å². The number of hydrogen-bond donors (Lipinski definition) is 1. The molecule has 1 aromatic rings. The van der Waals surface area contributed by atoms with E-state index in [0.29, 0.717) is 0 Å². The first kappa shape index (κ1) is 12.3. The van der Waals surface area contributed by atoms with Crippen LogP contribution in [0.4, 0.5) is 0 Å². The van der Waals surface area contributed by atoms with Gasteiger partial charge in [-0.1, -0.05) is 29.8 Å². The summed E-state index contributed by atoms with van der Waals surface area (Å²) in [6.45, 7) is 4.09. The monoisotopic (exact) mass is 258 g/mol. The summed E-state index contributed by atoms with van der Waals surface area (Å²) >= 11 is 0. The zero-order valence-corrected chi connectivity index (χ0v) is 11.2. The molecule has 0 fully saturated rings. The van der Waals surface area contributed by atoms with Crippen LogP contribution in [0.15, 0.2) is 47.9 Å². The first-order valence-corrected chi connectivity index (χ1v) is 6.57. The Morgan fingerprint density at radius 1 is 1.16 bits per heavy atom. The molecule has 0 aromatic heterocycles. The summed E-state index contributed by atoms with van der Waals surface area (Å²) in [5.74, 6) is 0. The van der Waals surface area contributed by atoms with Gasteiger partial charge in [-0.05, 0) is 37.8 Å². The molecule has 19 heavy (non-hydrogen) atoms. The zero-order chi connectivity index (χ0) is 13.5. The average molecular weight is 258 g/mol. The van der Waals surface area contributed by atoms with Crippen LogP contribution in [0.1, 0.15) is 44.1 Å². The molecule has 1 aliphatic heterocycles. The van der Waals surface area contributed by atoms with E-state index in [2.05, 4.69) is 6.92 Å². The fourth-order valence-electron chi connectivity index (χ4n) is 2.90. The predicted octanol–water partition coefficient (Wildman–Crippen LogP) is 3.52. The maximum Gasteiger partial charge on any atom is 0.266 e. The second-order valence-corrected chi connectivity index (χ2v) is 5.23. The standard InChI is InChI=1S/C16H18O3/c1-11-7-8-16(17,12(11)2)14-6-4-3-5-13(14)15-18-9-10-19-15/h3-6,9-10,15,17H,7-8H2,1-2H3. The molecule has 1 aliphatic carbocycles. The van der Waals surface area contributed by atoms with Crippen molar-refractivity contribution in [3.63, 3.8) is 0 Å². The minimum absolute atomic E-state index is 0.450. The lowest BCUT2D eigenvalue weighted by molar-refractivity contribution is -0.0292. The Kier molecular flexibility index (Phi) is 2.86. The van der Waals surface area contributed by atoms with E-state index in [4.69, 9.17) is 9.47 Å². The van der Waals surface area contributed by atoms with E-state index in [1.165, 1.54) is 18.1 Å². The Bertz CT molecular complexity index is 551. The molecule has 0 bridgehead atoms. The topological polar surface area (TPSA) is 38.7 Å². The summed E-state index contributed by atoms with van der Waals surface area (Å²) in [6.07, 6.45) is 4.28. The molecule has 2 aliphatic rings. The van der Waals surface area contributed by atoms with Gasteiger partial charge in [0, 0.05) is 5.56 Å². The Balaban J connectivity index is 2.06. The molecule has 1 N–H and O–H groups in total. The summed E-state index contributed by atoms with van der Waals surface area (Å²) in [4.78, 5) is 0. The lowest BCUT2D eigenvalue weighted by Gasteiger charge is -2.29. The van der Waals surface area contributed by atoms with Crippen LogP contribution in [-0.4, -0.2) is 5.11 Å². The first-order chi connectivity index (χ1) is 9.13. The van der Waals surface area contributed by atoms with Crippen LogP contribution in [0.5, 0.6) is 0 Å². The van der Waals surface area contributed by atoms with Gasteiger partial charge < -0.3 is 14.6 Å². The van der Waals surface area contributed by atoms with Gasteiger partial charge in [0.25, 0.3) is 6.29 Å². The van der Waals surface area contributed by atoms with E-state index in [9.17, 15) is 5.11 Å². The van der Waals surface area contributed by atoms with Gasteiger partial charge >= 0.3 is 0 Å².